The van der Waals surface area contributed by atoms with Crippen LogP contribution in [0.15, 0.2) is 55.2 Å². The number of ether oxygens (including phenoxy) is 1. The van der Waals surface area contributed by atoms with Gasteiger partial charge in [0.05, 0.1) is 11.9 Å². The van der Waals surface area contributed by atoms with Crippen molar-refractivity contribution in [3.05, 3.63) is 71.9 Å². The number of aryl methyl sites for hydroxylation is 1. The highest BCUT2D eigenvalue weighted by atomic mass is 19.4. The van der Waals surface area contributed by atoms with Gasteiger partial charge in [0.2, 0.25) is 0 Å². The first kappa shape index (κ1) is 21.7. The van der Waals surface area contributed by atoms with Crippen molar-refractivity contribution >= 4 is 0 Å². The summed E-state index contributed by atoms with van der Waals surface area (Å²) in [6.07, 6.45) is 1.23. The van der Waals surface area contributed by atoms with E-state index in [9.17, 15) is 18.3 Å². The third-order valence-electron chi connectivity index (χ3n) is 4.95. The molecular formula is C22H22F3N3O2. The summed E-state index contributed by atoms with van der Waals surface area (Å²) in [4.78, 5) is 12.3. The van der Waals surface area contributed by atoms with E-state index in [1.165, 1.54) is 18.5 Å². The summed E-state index contributed by atoms with van der Waals surface area (Å²) in [6.45, 7) is 5.86. The third-order valence-corrected chi connectivity index (χ3v) is 4.95. The lowest BCUT2D eigenvalue weighted by Gasteiger charge is -2.34. The van der Waals surface area contributed by atoms with Gasteiger partial charge in [-0.1, -0.05) is 26.0 Å². The van der Waals surface area contributed by atoms with E-state index < -0.39 is 11.8 Å². The minimum atomic E-state index is -4.75. The van der Waals surface area contributed by atoms with Gasteiger partial charge in [0.1, 0.15) is 12.1 Å². The number of halogens is 3. The van der Waals surface area contributed by atoms with E-state index in [1.54, 1.807) is 12.4 Å². The van der Waals surface area contributed by atoms with Crippen LogP contribution >= 0.6 is 0 Å². The molecule has 1 N–H and O–H groups in total. The Morgan fingerprint density at radius 2 is 1.73 bits per heavy atom. The van der Waals surface area contributed by atoms with Crippen LogP contribution in [0, 0.1) is 12.3 Å². The summed E-state index contributed by atoms with van der Waals surface area (Å²) < 4.78 is 40.8. The maximum absolute atomic E-state index is 12.3. The van der Waals surface area contributed by atoms with Crippen LogP contribution in [0.25, 0.3) is 11.3 Å². The van der Waals surface area contributed by atoms with E-state index in [2.05, 4.69) is 19.7 Å². The zero-order valence-corrected chi connectivity index (χ0v) is 16.8. The van der Waals surface area contributed by atoms with Crippen molar-refractivity contribution in [3.63, 3.8) is 0 Å². The van der Waals surface area contributed by atoms with Crippen LogP contribution in [0.5, 0.6) is 5.75 Å². The Labute approximate surface area is 172 Å². The van der Waals surface area contributed by atoms with Gasteiger partial charge in [-0.15, -0.1) is 13.2 Å². The second-order valence-electron chi connectivity index (χ2n) is 7.75. The van der Waals surface area contributed by atoms with Crippen molar-refractivity contribution in [3.8, 4) is 17.0 Å². The third kappa shape index (κ3) is 4.94. The standard InChI is InChI=1S/C22H22F3N3O2/c1-14-8-15(19-7-5-17(11-28-19)30-22(23,24)25)4-6-18(14)20(21(2,3)12-29)16-9-26-13-27-10-16/h4-11,13,20,29H,12H2,1-3H3. The van der Waals surface area contributed by atoms with Gasteiger partial charge in [0, 0.05) is 30.5 Å². The van der Waals surface area contributed by atoms with Crippen LogP contribution in [-0.4, -0.2) is 33.0 Å². The number of hydrogen-bond acceptors (Lipinski definition) is 5. The summed E-state index contributed by atoms with van der Waals surface area (Å²) in [6, 6.07) is 8.45. The maximum Gasteiger partial charge on any atom is 0.573 e. The van der Waals surface area contributed by atoms with Gasteiger partial charge < -0.3 is 9.84 Å². The number of hydrogen-bond donors (Lipinski definition) is 1. The highest BCUT2D eigenvalue weighted by molar-refractivity contribution is 5.62. The summed E-state index contributed by atoms with van der Waals surface area (Å²) in [5.74, 6) is -0.512. The molecule has 3 rings (SSSR count). The molecule has 0 aliphatic heterocycles. The van der Waals surface area contributed by atoms with Gasteiger partial charge in [-0.3, -0.25) is 4.98 Å². The van der Waals surface area contributed by atoms with Gasteiger partial charge in [0.25, 0.3) is 0 Å². The zero-order chi connectivity index (χ0) is 21.9. The highest BCUT2D eigenvalue weighted by Gasteiger charge is 2.33. The fraction of sp³-hybridized carbons (Fsp3) is 0.318. The van der Waals surface area contributed by atoms with Gasteiger partial charge in [0.15, 0.2) is 0 Å². The van der Waals surface area contributed by atoms with Crippen molar-refractivity contribution < 1.29 is 23.0 Å². The molecule has 0 saturated carbocycles. The number of aromatic nitrogens is 3. The first-order valence-electron chi connectivity index (χ1n) is 9.29. The molecule has 1 unspecified atom stereocenters. The molecule has 0 radical (unpaired) electrons. The predicted octanol–water partition coefficient (Wildman–Crippen LogP) is 4.90. The lowest BCUT2D eigenvalue weighted by atomic mass is 9.71. The topological polar surface area (TPSA) is 68.1 Å². The SMILES string of the molecule is Cc1cc(-c2ccc(OC(F)(F)F)cn2)ccc1C(c1cncnc1)C(C)(C)CO. The molecule has 5 nitrogen and oxygen atoms in total. The molecule has 2 aromatic heterocycles. The van der Waals surface area contributed by atoms with Gasteiger partial charge >= 0.3 is 6.36 Å². The molecule has 0 aliphatic carbocycles. The first-order chi connectivity index (χ1) is 14.1. The van der Waals surface area contributed by atoms with E-state index in [-0.39, 0.29) is 18.3 Å². The number of pyridine rings is 1. The molecule has 0 aliphatic rings. The van der Waals surface area contributed by atoms with Crippen LogP contribution in [0.4, 0.5) is 13.2 Å². The quantitative estimate of drug-likeness (QED) is 0.618. The second kappa shape index (κ2) is 8.39. The summed E-state index contributed by atoms with van der Waals surface area (Å²) >= 11 is 0. The number of alkyl halides is 3. The van der Waals surface area contributed by atoms with Crippen molar-refractivity contribution in [2.24, 2.45) is 5.41 Å². The van der Waals surface area contributed by atoms with Crippen LogP contribution in [0.2, 0.25) is 0 Å². The molecule has 158 valence electrons. The van der Waals surface area contributed by atoms with E-state index in [4.69, 9.17) is 0 Å². The van der Waals surface area contributed by atoms with Crippen LogP contribution in [-0.2, 0) is 0 Å². The number of nitrogens with zero attached hydrogens (tertiary/aromatic N) is 3. The minimum absolute atomic E-state index is 0.0318. The molecule has 0 bridgehead atoms. The Bertz CT molecular complexity index is 991. The van der Waals surface area contributed by atoms with Crippen molar-refractivity contribution in [1.82, 2.24) is 15.0 Å². The van der Waals surface area contributed by atoms with Crippen molar-refractivity contribution in [1.29, 1.82) is 0 Å². The zero-order valence-electron chi connectivity index (χ0n) is 16.8. The molecule has 1 atom stereocenters. The molecule has 30 heavy (non-hydrogen) atoms. The van der Waals surface area contributed by atoms with Crippen molar-refractivity contribution in [2.75, 3.05) is 6.61 Å². The molecule has 0 saturated heterocycles. The summed E-state index contributed by atoms with van der Waals surface area (Å²) in [7, 11) is 0. The Balaban J connectivity index is 1.95. The Morgan fingerprint density at radius 1 is 1.03 bits per heavy atom. The van der Waals surface area contributed by atoms with Crippen LogP contribution < -0.4 is 4.74 Å². The normalized spacial score (nSPS) is 13.2. The molecule has 3 aromatic rings. The van der Waals surface area contributed by atoms with Crippen molar-refractivity contribution in [2.45, 2.75) is 33.1 Å². The molecule has 0 fully saturated rings. The fourth-order valence-corrected chi connectivity index (χ4v) is 3.51. The average Bonchev–Trinajstić information content (AvgIpc) is 2.69. The number of aliphatic hydroxyl groups is 1. The Morgan fingerprint density at radius 3 is 2.27 bits per heavy atom. The number of benzene rings is 1. The first-order valence-corrected chi connectivity index (χ1v) is 9.29. The Hall–Kier alpha value is -3.00. The van der Waals surface area contributed by atoms with Crippen LogP contribution in [0.1, 0.15) is 36.5 Å². The highest BCUT2D eigenvalue weighted by Crippen LogP contribution is 2.42. The smallest absolute Gasteiger partial charge is 0.404 e. The summed E-state index contributed by atoms with van der Waals surface area (Å²) in [5, 5.41) is 9.97. The van der Waals surface area contributed by atoms with Gasteiger partial charge in [-0.2, -0.15) is 0 Å². The van der Waals surface area contributed by atoms with E-state index in [0.29, 0.717) is 5.69 Å². The number of aliphatic hydroxyl groups excluding tert-OH is 1. The van der Waals surface area contributed by atoms with Gasteiger partial charge in [-0.05, 0) is 47.2 Å². The van der Waals surface area contributed by atoms with Crippen LogP contribution in [0.3, 0.4) is 0 Å². The lowest BCUT2D eigenvalue weighted by molar-refractivity contribution is -0.274. The van der Waals surface area contributed by atoms with Gasteiger partial charge in [-0.25, -0.2) is 9.97 Å². The van der Waals surface area contributed by atoms with E-state index in [1.807, 2.05) is 39.0 Å². The fourth-order valence-electron chi connectivity index (χ4n) is 3.51. The largest absolute Gasteiger partial charge is 0.573 e. The second-order valence-corrected chi connectivity index (χ2v) is 7.75. The van der Waals surface area contributed by atoms with E-state index in [0.717, 1.165) is 28.5 Å². The van der Waals surface area contributed by atoms with E-state index >= 15 is 0 Å². The monoisotopic (exact) mass is 417 g/mol. The number of rotatable bonds is 6. The maximum atomic E-state index is 12.3. The Kier molecular flexibility index (Phi) is 6.07. The average molecular weight is 417 g/mol. The predicted molar refractivity (Wildman–Crippen MR) is 106 cm³/mol. The summed E-state index contributed by atoms with van der Waals surface area (Å²) in [5.41, 5.74) is 3.68. The molecule has 0 spiro atoms. The molecule has 2 heterocycles. The lowest BCUT2D eigenvalue weighted by Crippen LogP contribution is -2.28. The minimum Gasteiger partial charge on any atom is -0.404 e. The molecule has 8 heteroatoms. The molecular weight excluding hydrogens is 395 g/mol. The molecule has 1 aromatic carbocycles. The molecule has 0 amide bonds.